The summed E-state index contributed by atoms with van der Waals surface area (Å²) in [7, 11) is 0. The normalized spacial score (nSPS) is 33.0. The van der Waals surface area contributed by atoms with Gasteiger partial charge in [-0.05, 0) is 12.8 Å². The maximum absolute atomic E-state index is 8.51. The lowest BCUT2D eigenvalue weighted by atomic mass is 10.2. The number of aliphatic hydroxyl groups excluding tert-OH is 1. The zero-order valence-electron chi connectivity index (χ0n) is 6.58. The molecule has 1 aliphatic carbocycles. The molecule has 0 bridgehead atoms. The van der Waals surface area contributed by atoms with Crippen molar-refractivity contribution >= 4 is 0 Å². The van der Waals surface area contributed by atoms with E-state index in [1.54, 1.807) is 0 Å². The molecule has 1 N–H and O–H groups in total. The van der Waals surface area contributed by atoms with E-state index in [0.717, 1.165) is 13.0 Å². The van der Waals surface area contributed by atoms with Crippen LogP contribution >= 0.6 is 0 Å². The highest BCUT2D eigenvalue weighted by atomic mass is 16.6. The minimum absolute atomic E-state index is 0.115. The molecule has 1 heterocycles. The van der Waals surface area contributed by atoms with E-state index in [4.69, 9.17) is 14.6 Å². The van der Waals surface area contributed by atoms with Gasteiger partial charge in [0.15, 0.2) is 0 Å². The van der Waals surface area contributed by atoms with Crippen LogP contribution in [0.5, 0.6) is 0 Å². The van der Waals surface area contributed by atoms with Gasteiger partial charge in [-0.3, -0.25) is 0 Å². The van der Waals surface area contributed by atoms with Crippen molar-refractivity contribution in [3.8, 4) is 0 Å². The van der Waals surface area contributed by atoms with Gasteiger partial charge in [0.2, 0.25) is 0 Å². The number of rotatable bonds is 3. The quantitative estimate of drug-likeness (QED) is 0.642. The highest BCUT2D eigenvalue weighted by Crippen LogP contribution is 2.47. The molecule has 2 aliphatic rings. The first-order valence-corrected chi connectivity index (χ1v) is 4.21. The average molecular weight is 158 g/mol. The predicted molar refractivity (Wildman–Crippen MR) is 39.4 cm³/mol. The zero-order valence-corrected chi connectivity index (χ0v) is 6.58. The van der Waals surface area contributed by atoms with Crippen molar-refractivity contribution in [3.05, 3.63) is 0 Å². The first kappa shape index (κ1) is 7.53. The van der Waals surface area contributed by atoms with Gasteiger partial charge in [-0.25, -0.2) is 0 Å². The molecular formula is C8H14O3. The highest BCUT2D eigenvalue weighted by Gasteiger charge is 2.50. The highest BCUT2D eigenvalue weighted by molar-refractivity contribution is 5.01. The molecule has 1 aliphatic heterocycles. The van der Waals surface area contributed by atoms with Gasteiger partial charge in [0.05, 0.1) is 31.5 Å². The Balaban J connectivity index is 1.72. The van der Waals surface area contributed by atoms with Crippen LogP contribution in [0.15, 0.2) is 0 Å². The van der Waals surface area contributed by atoms with Crippen LogP contribution in [0, 0.1) is 0 Å². The first-order valence-electron chi connectivity index (χ1n) is 4.21. The minimum Gasteiger partial charge on any atom is -0.394 e. The lowest BCUT2D eigenvalue weighted by Crippen LogP contribution is -2.15. The molecule has 0 aromatic carbocycles. The van der Waals surface area contributed by atoms with Crippen LogP contribution in [0.2, 0.25) is 0 Å². The topological polar surface area (TPSA) is 38.7 Å². The number of hydrogen-bond donors (Lipinski definition) is 1. The summed E-state index contributed by atoms with van der Waals surface area (Å²) in [6.45, 7) is 1.29. The van der Waals surface area contributed by atoms with Crippen molar-refractivity contribution in [1.82, 2.24) is 0 Å². The summed E-state index contributed by atoms with van der Waals surface area (Å²) >= 11 is 0. The summed E-state index contributed by atoms with van der Waals surface area (Å²) in [6, 6.07) is 0. The summed E-state index contributed by atoms with van der Waals surface area (Å²) in [5.41, 5.74) is 0.208. The minimum atomic E-state index is 0.115. The van der Waals surface area contributed by atoms with Crippen LogP contribution in [0.3, 0.4) is 0 Å². The molecule has 64 valence electrons. The molecule has 0 radical (unpaired) electrons. The second-order valence-corrected chi connectivity index (χ2v) is 3.41. The van der Waals surface area contributed by atoms with Gasteiger partial charge in [-0.2, -0.15) is 0 Å². The van der Waals surface area contributed by atoms with E-state index in [2.05, 4.69) is 0 Å². The van der Waals surface area contributed by atoms with E-state index in [9.17, 15) is 0 Å². The fraction of sp³-hybridized carbons (Fsp3) is 1.00. The number of ether oxygens (including phenoxy) is 2. The molecule has 3 nitrogen and oxygen atoms in total. The van der Waals surface area contributed by atoms with Crippen molar-refractivity contribution in [2.24, 2.45) is 0 Å². The van der Waals surface area contributed by atoms with Crippen molar-refractivity contribution in [1.29, 1.82) is 0 Å². The molecule has 0 aromatic rings. The van der Waals surface area contributed by atoms with Crippen molar-refractivity contribution < 1.29 is 14.6 Å². The lowest BCUT2D eigenvalue weighted by Gasteiger charge is -2.07. The smallest absolute Gasteiger partial charge is 0.0837 e. The molecule has 0 aromatic heterocycles. The molecule has 2 fully saturated rings. The van der Waals surface area contributed by atoms with Crippen LogP contribution in [0.4, 0.5) is 0 Å². The largest absolute Gasteiger partial charge is 0.394 e. The van der Waals surface area contributed by atoms with Crippen molar-refractivity contribution in [2.75, 3.05) is 19.8 Å². The monoisotopic (exact) mass is 158 g/mol. The van der Waals surface area contributed by atoms with E-state index in [0.29, 0.717) is 6.61 Å². The van der Waals surface area contributed by atoms with Gasteiger partial charge in [-0.1, -0.05) is 0 Å². The molecule has 1 saturated carbocycles. The molecule has 2 rings (SSSR count). The Hall–Kier alpha value is -0.120. The molecule has 0 amide bonds. The summed E-state index contributed by atoms with van der Waals surface area (Å²) in [6.07, 6.45) is 3.68. The van der Waals surface area contributed by atoms with E-state index in [-0.39, 0.29) is 18.3 Å². The van der Waals surface area contributed by atoms with Crippen LogP contribution < -0.4 is 0 Å². The van der Waals surface area contributed by atoms with Crippen LogP contribution in [0.1, 0.15) is 19.3 Å². The average Bonchev–Trinajstić information content (AvgIpc) is 2.61. The summed E-state index contributed by atoms with van der Waals surface area (Å²) in [5, 5.41) is 8.51. The standard InChI is InChI=1S/C8H14O3/c9-3-4-10-7-5-8(1-2-8)11-6-7/h7,9H,1-6H2. The number of aliphatic hydroxyl groups is 1. The van der Waals surface area contributed by atoms with Crippen LogP contribution in [0.25, 0.3) is 0 Å². The van der Waals surface area contributed by atoms with Gasteiger partial charge in [0.1, 0.15) is 0 Å². The third-order valence-electron chi connectivity index (χ3n) is 2.43. The Kier molecular flexibility index (Phi) is 1.87. The Bertz CT molecular complexity index is 142. The Morgan fingerprint density at radius 1 is 1.55 bits per heavy atom. The Morgan fingerprint density at radius 3 is 2.91 bits per heavy atom. The van der Waals surface area contributed by atoms with Gasteiger partial charge in [0, 0.05) is 6.42 Å². The molecule has 1 atom stereocenters. The number of hydrogen-bond acceptors (Lipinski definition) is 3. The van der Waals surface area contributed by atoms with Gasteiger partial charge >= 0.3 is 0 Å². The van der Waals surface area contributed by atoms with Crippen LogP contribution in [-0.2, 0) is 9.47 Å². The molecule has 3 heteroatoms. The molecular weight excluding hydrogens is 144 g/mol. The van der Waals surface area contributed by atoms with Gasteiger partial charge in [0.25, 0.3) is 0 Å². The van der Waals surface area contributed by atoms with E-state index < -0.39 is 0 Å². The molecule has 1 unspecified atom stereocenters. The van der Waals surface area contributed by atoms with Crippen LogP contribution in [-0.4, -0.2) is 36.6 Å². The summed E-state index contributed by atoms with van der Waals surface area (Å²) in [4.78, 5) is 0. The Labute approximate surface area is 66.3 Å². The SMILES string of the molecule is OCCOC1COC2(CC2)C1. The lowest BCUT2D eigenvalue weighted by molar-refractivity contribution is 0.0178. The fourth-order valence-electron chi connectivity index (χ4n) is 1.62. The Morgan fingerprint density at radius 2 is 2.36 bits per heavy atom. The van der Waals surface area contributed by atoms with E-state index in [1.165, 1.54) is 12.8 Å². The van der Waals surface area contributed by atoms with E-state index >= 15 is 0 Å². The van der Waals surface area contributed by atoms with Gasteiger partial charge in [-0.15, -0.1) is 0 Å². The van der Waals surface area contributed by atoms with Crippen molar-refractivity contribution in [2.45, 2.75) is 31.0 Å². The van der Waals surface area contributed by atoms with E-state index in [1.807, 2.05) is 0 Å². The fourth-order valence-corrected chi connectivity index (χ4v) is 1.62. The summed E-state index contributed by atoms with van der Waals surface area (Å²) < 4.78 is 10.9. The zero-order chi connectivity index (χ0) is 7.73. The summed E-state index contributed by atoms with van der Waals surface area (Å²) in [5.74, 6) is 0. The molecule has 1 spiro atoms. The maximum atomic E-state index is 8.51. The second-order valence-electron chi connectivity index (χ2n) is 3.41. The predicted octanol–water partition coefficient (Wildman–Crippen LogP) is 0.317. The maximum Gasteiger partial charge on any atom is 0.0837 e. The molecule has 11 heavy (non-hydrogen) atoms. The first-order chi connectivity index (χ1) is 5.35. The third kappa shape index (κ3) is 1.55. The van der Waals surface area contributed by atoms with Crippen molar-refractivity contribution in [3.63, 3.8) is 0 Å². The van der Waals surface area contributed by atoms with Gasteiger partial charge < -0.3 is 14.6 Å². The molecule has 1 saturated heterocycles. The third-order valence-corrected chi connectivity index (χ3v) is 2.43. The second kappa shape index (κ2) is 2.73.